The fraction of sp³-hybridized carbons (Fsp3) is 0.269. The molecule has 3 N–H and O–H groups in total. The summed E-state index contributed by atoms with van der Waals surface area (Å²) >= 11 is 5.91. The Bertz CT molecular complexity index is 1570. The van der Waals surface area contributed by atoms with Crippen LogP contribution in [-0.2, 0) is 27.8 Å². The summed E-state index contributed by atoms with van der Waals surface area (Å²) in [7, 11) is 0. The minimum absolute atomic E-state index is 0.164. The minimum atomic E-state index is -4.75. The van der Waals surface area contributed by atoms with E-state index in [9.17, 15) is 40.7 Å². The van der Waals surface area contributed by atoms with Gasteiger partial charge < -0.3 is 11.1 Å². The predicted molar refractivity (Wildman–Crippen MR) is 137 cm³/mol. The third-order valence-corrected chi connectivity index (χ3v) is 6.26. The third kappa shape index (κ3) is 7.27. The molecule has 3 rings (SSSR count). The number of allylic oxidation sites excluding steroid dienone is 1. The fourth-order valence-corrected chi connectivity index (χ4v) is 3.94. The molecular formula is C26H22ClF6N5O3. The number of benzene rings is 2. The normalized spacial score (nSPS) is 13.3. The van der Waals surface area contributed by atoms with Crippen LogP contribution in [0.3, 0.4) is 0 Å². The van der Waals surface area contributed by atoms with Gasteiger partial charge in [-0.05, 0) is 48.9 Å². The maximum absolute atomic E-state index is 13.3. The zero-order valence-corrected chi connectivity index (χ0v) is 22.0. The highest BCUT2D eigenvalue weighted by atomic mass is 35.5. The Labute approximate surface area is 233 Å². The Hall–Kier alpha value is -4.29. The van der Waals surface area contributed by atoms with Crippen molar-refractivity contribution in [1.82, 2.24) is 19.7 Å². The molecule has 0 saturated heterocycles. The minimum Gasteiger partial charge on any atom is -0.367 e. The number of nitrogens with two attached hydrogens (primary N) is 1. The van der Waals surface area contributed by atoms with Gasteiger partial charge in [-0.15, -0.1) is 10.8 Å². The number of rotatable bonds is 9. The van der Waals surface area contributed by atoms with Gasteiger partial charge >= 0.3 is 18.0 Å². The average molecular weight is 602 g/mol. The van der Waals surface area contributed by atoms with E-state index in [4.69, 9.17) is 17.3 Å². The molecule has 1 heterocycles. The van der Waals surface area contributed by atoms with Crippen LogP contribution in [0.5, 0.6) is 0 Å². The number of aromatic nitrogens is 3. The van der Waals surface area contributed by atoms with Gasteiger partial charge in [0, 0.05) is 23.4 Å². The van der Waals surface area contributed by atoms with E-state index in [0.717, 1.165) is 29.7 Å². The summed E-state index contributed by atoms with van der Waals surface area (Å²) in [5.41, 5.74) is 3.15. The number of alkyl halides is 6. The molecule has 218 valence electrons. The quantitative estimate of drug-likeness (QED) is 0.269. The molecule has 2 aromatic carbocycles. The van der Waals surface area contributed by atoms with Crippen LogP contribution in [0.4, 0.5) is 26.3 Å². The first-order valence-corrected chi connectivity index (χ1v) is 12.0. The zero-order valence-electron chi connectivity index (χ0n) is 21.2. The largest absolute Gasteiger partial charge is 0.416 e. The van der Waals surface area contributed by atoms with Crippen molar-refractivity contribution in [2.75, 3.05) is 0 Å². The molecule has 0 aliphatic rings. The molecule has 3 aromatic rings. The standard InChI is InChI=1S/C26H22ClF6N5O3/c1-3-19(11-12-25(28,29)30)38-21(15-7-9-18(27)10-8-15)36-37(23(38)41)14-20(39)35-24(2,22(34)40)16-5-4-6-17(13-16)26(31,32)33/h4-10,13H,1,11-12,14H2,2H3,(H2,34,40)(H,35,39)/t24-/m1/s1. The molecular weight excluding hydrogens is 580 g/mol. The van der Waals surface area contributed by atoms with Gasteiger partial charge in [-0.1, -0.05) is 30.3 Å². The molecule has 0 spiro atoms. The fourth-order valence-electron chi connectivity index (χ4n) is 3.82. The van der Waals surface area contributed by atoms with Crippen molar-refractivity contribution in [3.63, 3.8) is 0 Å². The lowest BCUT2D eigenvalue weighted by Crippen LogP contribution is -2.54. The van der Waals surface area contributed by atoms with Crippen molar-refractivity contribution in [2.45, 2.75) is 44.2 Å². The topological polar surface area (TPSA) is 112 Å². The maximum atomic E-state index is 13.3. The van der Waals surface area contributed by atoms with E-state index in [0.29, 0.717) is 15.8 Å². The highest BCUT2D eigenvalue weighted by Gasteiger charge is 2.38. The molecule has 0 saturated carbocycles. The Morgan fingerprint density at radius 3 is 2.22 bits per heavy atom. The maximum Gasteiger partial charge on any atom is 0.416 e. The number of hydrogen-bond donors (Lipinski definition) is 2. The highest BCUT2D eigenvalue weighted by molar-refractivity contribution is 6.30. The molecule has 0 aliphatic heterocycles. The molecule has 15 heteroatoms. The molecule has 0 bridgehead atoms. The average Bonchev–Trinajstić information content (AvgIpc) is 3.19. The van der Waals surface area contributed by atoms with Gasteiger partial charge in [0.15, 0.2) is 5.82 Å². The monoisotopic (exact) mass is 601 g/mol. The van der Waals surface area contributed by atoms with Crippen molar-refractivity contribution in [2.24, 2.45) is 5.73 Å². The summed E-state index contributed by atoms with van der Waals surface area (Å²) in [5, 5.41) is 6.64. The van der Waals surface area contributed by atoms with Gasteiger partial charge in [0.05, 0.1) is 11.3 Å². The van der Waals surface area contributed by atoms with Crippen molar-refractivity contribution in [3.05, 3.63) is 87.5 Å². The Morgan fingerprint density at radius 1 is 1.07 bits per heavy atom. The molecule has 1 atom stereocenters. The summed E-state index contributed by atoms with van der Waals surface area (Å²) in [5.74, 6) is -2.42. The number of nitrogens with one attached hydrogen (secondary N) is 1. The number of primary amides is 1. The van der Waals surface area contributed by atoms with Gasteiger partial charge in [-0.25, -0.2) is 14.0 Å². The molecule has 1 aromatic heterocycles. The summed E-state index contributed by atoms with van der Waals surface area (Å²) in [6, 6.07) is 9.35. The number of halogens is 7. The summed E-state index contributed by atoms with van der Waals surface area (Å²) in [6.45, 7) is 3.57. The van der Waals surface area contributed by atoms with Crippen LogP contribution >= 0.6 is 11.6 Å². The number of carbonyl (C=O) groups is 2. The molecule has 2 amide bonds. The third-order valence-electron chi connectivity index (χ3n) is 6.00. The zero-order chi connectivity index (χ0) is 30.8. The molecule has 0 unspecified atom stereocenters. The van der Waals surface area contributed by atoms with Gasteiger partial charge in [-0.3, -0.25) is 9.59 Å². The SMILES string of the molecule is C=C=C(CCC(F)(F)F)n1c(-c2ccc(Cl)cc2)nn(CC(=O)N[C@@](C)(C(N)=O)c2cccc(C(F)(F)F)c2)c1=O. The van der Waals surface area contributed by atoms with Crippen LogP contribution in [0.1, 0.15) is 30.9 Å². The van der Waals surface area contributed by atoms with E-state index < -0.39 is 60.3 Å². The first-order valence-electron chi connectivity index (χ1n) is 11.7. The van der Waals surface area contributed by atoms with Crippen LogP contribution < -0.4 is 16.7 Å². The lowest BCUT2D eigenvalue weighted by molar-refractivity contribution is -0.138. The first-order chi connectivity index (χ1) is 19.0. The van der Waals surface area contributed by atoms with E-state index in [-0.39, 0.29) is 22.6 Å². The molecule has 0 radical (unpaired) electrons. The van der Waals surface area contributed by atoms with Crippen LogP contribution in [-0.4, -0.2) is 32.3 Å². The van der Waals surface area contributed by atoms with Crippen LogP contribution in [0.15, 0.2) is 65.6 Å². The second-order valence-corrected chi connectivity index (χ2v) is 9.40. The van der Waals surface area contributed by atoms with Crippen molar-refractivity contribution < 1.29 is 35.9 Å². The van der Waals surface area contributed by atoms with Gasteiger partial charge in [0.2, 0.25) is 11.8 Å². The lowest BCUT2D eigenvalue weighted by atomic mass is 9.89. The Balaban J connectivity index is 2.02. The second kappa shape index (κ2) is 11.7. The van der Waals surface area contributed by atoms with E-state index >= 15 is 0 Å². The van der Waals surface area contributed by atoms with Gasteiger partial charge in [0.25, 0.3) is 0 Å². The number of amides is 2. The lowest BCUT2D eigenvalue weighted by Gasteiger charge is -2.28. The van der Waals surface area contributed by atoms with Crippen molar-refractivity contribution >= 4 is 29.1 Å². The van der Waals surface area contributed by atoms with Crippen LogP contribution in [0.2, 0.25) is 5.02 Å². The Kier molecular flexibility index (Phi) is 8.89. The summed E-state index contributed by atoms with van der Waals surface area (Å²) in [6.07, 6.45) is -11.3. The second-order valence-electron chi connectivity index (χ2n) is 8.96. The van der Waals surface area contributed by atoms with Crippen molar-refractivity contribution in [1.29, 1.82) is 0 Å². The van der Waals surface area contributed by atoms with Gasteiger partial charge in [-0.2, -0.15) is 26.3 Å². The van der Waals surface area contributed by atoms with E-state index in [1.54, 1.807) is 0 Å². The Morgan fingerprint density at radius 2 is 1.68 bits per heavy atom. The number of nitrogens with zero attached hydrogens (tertiary/aromatic N) is 3. The molecule has 41 heavy (non-hydrogen) atoms. The first kappa shape index (κ1) is 31.2. The smallest absolute Gasteiger partial charge is 0.367 e. The summed E-state index contributed by atoms with van der Waals surface area (Å²) in [4.78, 5) is 38.6. The molecule has 0 aliphatic carbocycles. The van der Waals surface area contributed by atoms with E-state index in [2.05, 4.69) is 22.7 Å². The summed E-state index contributed by atoms with van der Waals surface area (Å²) < 4.78 is 79.9. The van der Waals surface area contributed by atoms with Gasteiger partial charge in [0.1, 0.15) is 12.1 Å². The number of carbonyl (C=O) groups excluding carboxylic acids is 2. The van der Waals surface area contributed by atoms with Crippen LogP contribution in [0, 0.1) is 0 Å². The molecule has 8 nitrogen and oxygen atoms in total. The highest BCUT2D eigenvalue weighted by Crippen LogP contribution is 2.32. The van der Waals surface area contributed by atoms with Crippen LogP contribution in [0.25, 0.3) is 17.1 Å². The van der Waals surface area contributed by atoms with E-state index in [1.807, 2.05) is 0 Å². The van der Waals surface area contributed by atoms with Crippen molar-refractivity contribution in [3.8, 4) is 11.4 Å². The predicted octanol–water partition coefficient (Wildman–Crippen LogP) is 4.87. The molecule has 0 fully saturated rings. The number of hydrogen-bond acceptors (Lipinski definition) is 4. The van der Waals surface area contributed by atoms with E-state index in [1.165, 1.54) is 24.3 Å².